The van der Waals surface area contributed by atoms with E-state index in [1.54, 1.807) is 24.3 Å². The molecule has 7 heteroatoms. The van der Waals surface area contributed by atoms with Crippen LogP contribution in [-0.4, -0.2) is 23.3 Å². The van der Waals surface area contributed by atoms with Crippen LogP contribution in [-0.2, 0) is 4.79 Å². The summed E-state index contributed by atoms with van der Waals surface area (Å²) in [7, 11) is 0. The van der Waals surface area contributed by atoms with Crippen molar-refractivity contribution in [2.45, 2.75) is 26.7 Å². The number of ketones is 1. The van der Waals surface area contributed by atoms with Crippen LogP contribution in [0.2, 0.25) is 0 Å². The number of carbonyl (C=O) groups excluding carboxylic acids is 2. The molecule has 4 aromatic rings. The summed E-state index contributed by atoms with van der Waals surface area (Å²) in [6, 6.07) is 24.1. The number of amides is 1. The number of anilines is 1. The maximum absolute atomic E-state index is 12.5. The molecule has 0 fully saturated rings. The van der Waals surface area contributed by atoms with Crippen molar-refractivity contribution >= 4 is 28.2 Å². The molecular formula is C28H26N2O4S. The largest absolute Gasteiger partial charge is 0.494 e. The maximum Gasteiger partial charge on any atom is 0.226 e. The molecule has 35 heavy (non-hydrogen) atoms. The maximum atomic E-state index is 12.5. The van der Waals surface area contributed by atoms with Crippen molar-refractivity contribution in [2.75, 3.05) is 11.9 Å². The molecule has 178 valence electrons. The molecule has 0 aliphatic rings. The summed E-state index contributed by atoms with van der Waals surface area (Å²) < 4.78 is 11.2. The van der Waals surface area contributed by atoms with Gasteiger partial charge in [0, 0.05) is 28.8 Å². The van der Waals surface area contributed by atoms with Crippen molar-refractivity contribution in [1.82, 2.24) is 4.98 Å². The van der Waals surface area contributed by atoms with E-state index in [4.69, 9.17) is 9.47 Å². The van der Waals surface area contributed by atoms with Crippen LogP contribution in [0.1, 0.15) is 35.0 Å². The third-order valence-electron chi connectivity index (χ3n) is 5.22. The van der Waals surface area contributed by atoms with Gasteiger partial charge in [0.25, 0.3) is 0 Å². The Bertz CT molecular complexity index is 1280. The Morgan fingerprint density at radius 3 is 2.20 bits per heavy atom. The van der Waals surface area contributed by atoms with E-state index in [0.29, 0.717) is 23.1 Å². The standard InChI is InChI=1S/C28H26N2O4S/c1-3-33-22-13-11-21(12-14-22)27-19(2)35-28(30-27)29-26(32)18-17-25(31)20-9-15-24(16-10-20)34-23-7-5-4-6-8-23/h4-16H,3,17-18H2,1-2H3,(H,29,30,32). The summed E-state index contributed by atoms with van der Waals surface area (Å²) in [6.07, 6.45) is 0.193. The van der Waals surface area contributed by atoms with E-state index in [1.165, 1.54) is 11.3 Å². The molecule has 0 atom stereocenters. The van der Waals surface area contributed by atoms with Gasteiger partial charge in [-0.15, -0.1) is 11.3 Å². The van der Waals surface area contributed by atoms with Crippen LogP contribution < -0.4 is 14.8 Å². The lowest BCUT2D eigenvalue weighted by atomic mass is 10.1. The first kappa shape index (κ1) is 24.2. The average Bonchev–Trinajstić information content (AvgIpc) is 3.24. The first-order valence-electron chi connectivity index (χ1n) is 11.4. The van der Waals surface area contributed by atoms with Gasteiger partial charge in [-0.25, -0.2) is 4.98 Å². The molecule has 0 unspecified atom stereocenters. The van der Waals surface area contributed by atoms with Crippen LogP contribution in [0.15, 0.2) is 78.9 Å². The van der Waals surface area contributed by atoms with Crippen LogP contribution >= 0.6 is 11.3 Å². The zero-order valence-electron chi connectivity index (χ0n) is 19.6. The highest BCUT2D eigenvalue weighted by Crippen LogP contribution is 2.31. The Balaban J connectivity index is 1.29. The molecule has 0 radical (unpaired) electrons. The summed E-state index contributed by atoms with van der Waals surface area (Å²) >= 11 is 1.41. The van der Waals surface area contributed by atoms with Gasteiger partial charge in [-0.1, -0.05) is 18.2 Å². The second-order valence-electron chi connectivity index (χ2n) is 7.79. The fourth-order valence-electron chi connectivity index (χ4n) is 3.48. The highest BCUT2D eigenvalue weighted by Gasteiger charge is 2.14. The number of aromatic nitrogens is 1. The Morgan fingerprint density at radius 2 is 1.51 bits per heavy atom. The minimum atomic E-state index is -0.241. The number of hydrogen-bond donors (Lipinski definition) is 1. The van der Waals surface area contributed by atoms with E-state index in [9.17, 15) is 9.59 Å². The average molecular weight is 487 g/mol. The van der Waals surface area contributed by atoms with Crippen LogP contribution in [0.4, 0.5) is 5.13 Å². The van der Waals surface area contributed by atoms with Crippen molar-refractivity contribution < 1.29 is 19.1 Å². The van der Waals surface area contributed by atoms with Gasteiger partial charge < -0.3 is 14.8 Å². The SMILES string of the molecule is CCOc1ccc(-c2nc(NC(=O)CCC(=O)c3ccc(Oc4ccccc4)cc3)sc2C)cc1. The Hall–Kier alpha value is -3.97. The monoisotopic (exact) mass is 486 g/mol. The second-order valence-corrected chi connectivity index (χ2v) is 9.00. The topological polar surface area (TPSA) is 77.5 Å². The molecule has 0 spiro atoms. The normalized spacial score (nSPS) is 10.6. The molecule has 0 aliphatic carbocycles. The van der Waals surface area contributed by atoms with Crippen LogP contribution in [0.3, 0.4) is 0 Å². The third kappa shape index (κ3) is 6.55. The molecule has 4 rings (SSSR count). The molecular weight excluding hydrogens is 460 g/mol. The number of nitrogens with one attached hydrogen (secondary N) is 1. The molecule has 3 aromatic carbocycles. The van der Waals surface area contributed by atoms with E-state index in [-0.39, 0.29) is 24.5 Å². The lowest BCUT2D eigenvalue weighted by Crippen LogP contribution is -2.13. The highest BCUT2D eigenvalue weighted by atomic mass is 32.1. The molecule has 1 amide bonds. The molecule has 1 N–H and O–H groups in total. The lowest BCUT2D eigenvalue weighted by Gasteiger charge is -2.06. The predicted octanol–water partition coefficient (Wildman–Crippen LogP) is 6.91. The molecule has 0 bridgehead atoms. The van der Waals surface area contributed by atoms with Gasteiger partial charge in [0.15, 0.2) is 10.9 Å². The van der Waals surface area contributed by atoms with E-state index >= 15 is 0 Å². The number of rotatable bonds is 10. The van der Waals surface area contributed by atoms with E-state index in [0.717, 1.165) is 27.6 Å². The predicted molar refractivity (Wildman–Crippen MR) is 139 cm³/mol. The summed E-state index contributed by atoms with van der Waals surface area (Å²) in [5, 5.41) is 3.34. The minimum absolute atomic E-state index is 0.0815. The third-order valence-corrected chi connectivity index (χ3v) is 6.10. The van der Waals surface area contributed by atoms with Gasteiger partial charge in [-0.3, -0.25) is 9.59 Å². The number of para-hydroxylation sites is 1. The zero-order valence-corrected chi connectivity index (χ0v) is 20.4. The summed E-state index contributed by atoms with van der Waals surface area (Å²) in [4.78, 5) is 30.6. The number of Topliss-reactive ketones (excluding diaryl/α,β-unsaturated/α-hetero) is 1. The minimum Gasteiger partial charge on any atom is -0.494 e. The molecule has 0 saturated heterocycles. The quantitative estimate of drug-likeness (QED) is 0.246. The van der Waals surface area contributed by atoms with Gasteiger partial charge in [0.2, 0.25) is 5.91 Å². The number of aryl methyl sites for hydroxylation is 1. The number of benzene rings is 3. The lowest BCUT2D eigenvalue weighted by molar-refractivity contribution is -0.116. The summed E-state index contributed by atoms with van der Waals surface area (Å²) in [5.74, 6) is 1.84. The molecule has 0 saturated carbocycles. The Morgan fingerprint density at radius 1 is 0.857 bits per heavy atom. The van der Waals surface area contributed by atoms with Gasteiger partial charge in [0.05, 0.1) is 12.3 Å². The number of nitrogens with zero attached hydrogens (tertiary/aromatic N) is 1. The van der Waals surface area contributed by atoms with E-state index in [1.807, 2.05) is 68.4 Å². The van der Waals surface area contributed by atoms with Crippen LogP contribution in [0.5, 0.6) is 17.2 Å². The van der Waals surface area contributed by atoms with Gasteiger partial charge in [-0.05, 0) is 74.5 Å². The first-order valence-corrected chi connectivity index (χ1v) is 12.2. The molecule has 6 nitrogen and oxygen atoms in total. The van der Waals surface area contributed by atoms with Crippen molar-refractivity contribution in [2.24, 2.45) is 0 Å². The second kappa shape index (κ2) is 11.4. The highest BCUT2D eigenvalue weighted by molar-refractivity contribution is 7.16. The van der Waals surface area contributed by atoms with Gasteiger partial charge in [-0.2, -0.15) is 0 Å². The Labute approximate surface area is 208 Å². The van der Waals surface area contributed by atoms with Crippen molar-refractivity contribution in [3.8, 4) is 28.5 Å². The summed E-state index contributed by atoms with van der Waals surface area (Å²) in [5.41, 5.74) is 2.32. The van der Waals surface area contributed by atoms with Crippen molar-refractivity contribution in [3.63, 3.8) is 0 Å². The molecule has 1 aromatic heterocycles. The van der Waals surface area contributed by atoms with Crippen LogP contribution in [0, 0.1) is 6.92 Å². The molecule has 1 heterocycles. The smallest absolute Gasteiger partial charge is 0.226 e. The molecule has 0 aliphatic heterocycles. The van der Waals surface area contributed by atoms with E-state index < -0.39 is 0 Å². The van der Waals surface area contributed by atoms with E-state index in [2.05, 4.69) is 10.3 Å². The fourth-order valence-corrected chi connectivity index (χ4v) is 4.33. The fraction of sp³-hybridized carbons (Fsp3) is 0.179. The van der Waals surface area contributed by atoms with Crippen molar-refractivity contribution in [1.29, 1.82) is 0 Å². The summed E-state index contributed by atoms with van der Waals surface area (Å²) in [6.45, 7) is 4.52. The van der Waals surface area contributed by atoms with Gasteiger partial charge >= 0.3 is 0 Å². The zero-order chi connectivity index (χ0) is 24.6. The Kier molecular flexibility index (Phi) is 7.90. The first-order chi connectivity index (χ1) is 17.0. The number of hydrogen-bond acceptors (Lipinski definition) is 6. The number of ether oxygens (including phenoxy) is 2. The number of thiazole rings is 1. The number of carbonyl (C=O) groups is 2. The van der Waals surface area contributed by atoms with Crippen molar-refractivity contribution in [3.05, 3.63) is 89.3 Å². The van der Waals surface area contributed by atoms with Gasteiger partial charge in [0.1, 0.15) is 17.2 Å². The van der Waals surface area contributed by atoms with Crippen LogP contribution in [0.25, 0.3) is 11.3 Å².